The Morgan fingerprint density at radius 3 is 2.33 bits per heavy atom. The van der Waals surface area contributed by atoms with E-state index in [-0.39, 0.29) is 51.8 Å². The van der Waals surface area contributed by atoms with Crippen molar-refractivity contribution in [1.29, 1.82) is 0 Å². The lowest BCUT2D eigenvalue weighted by atomic mass is 10.0. The van der Waals surface area contributed by atoms with Crippen molar-refractivity contribution in [2.75, 3.05) is 41.1 Å². The van der Waals surface area contributed by atoms with Gasteiger partial charge in [-0.25, -0.2) is 0 Å². The number of ether oxygens (including phenoxy) is 4. The fraction of sp³-hybridized carbons (Fsp3) is 0.350. The van der Waals surface area contributed by atoms with Crippen LogP contribution in [0.3, 0.4) is 0 Å². The molecule has 2 rings (SSSR count). The van der Waals surface area contributed by atoms with Crippen LogP contribution < -0.4 is 19.5 Å². The number of halogens is 2. The summed E-state index contributed by atoms with van der Waals surface area (Å²) in [5.74, 6) is -0.0786. The fourth-order valence-electron chi connectivity index (χ4n) is 2.61. The van der Waals surface area contributed by atoms with Crippen molar-refractivity contribution in [1.82, 2.24) is 10.3 Å². The van der Waals surface area contributed by atoms with E-state index < -0.39 is 0 Å². The van der Waals surface area contributed by atoms with Crippen LogP contribution in [0.1, 0.15) is 15.9 Å². The molecule has 1 N–H and O–H groups in total. The van der Waals surface area contributed by atoms with Gasteiger partial charge in [0, 0.05) is 38.0 Å². The third-order valence-corrected chi connectivity index (χ3v) is 4.72. The second kappa shape index (κ2) is 11.6. The Morgan fingerprint density at radius 2 is 1.73 bits per heavy atom. The quantitative estimate of drug-likeness (QED) is 0.410. The Morgan fingerprint density at radius 1 is 1.03 bits per heavy atom. The number of rotatable bonds is 11. The number of benzene rings is 1. The number of methoxy groups -OCH3 is 3. The predicted molar refractivity (Wildman–Crippen MR) is 112 cm³/mol. The maximum absolute atomic E-state index is 13.0. The van der Waals surface area contributed by atoms with Crippen LogP contribution in [0.4, 0.5) is 0 Å². The number of nitrogens with one attached hydrogen (secondary N) is 1. The SMILES string of the molecule is COCCNC(=O)COc1c(C(=O)Cc2c(Cl)cncc2Cl)ccc(OC)c1OC. The summed E-state index contributed by atoms with van der Waals surface area (Å²) in [6, 6.07) is 3.11. The summed E-state index contributed by atoms with van der Waals surface area (Å²) < 4.78 is 21.2. The van der Waals surface area contributed by atoms with Gasteiger partial charge >= 0.3 is 0 Å². The summed E-state index contributed by atoms with van der Waals surface area (Å²) in [5.41, 5.74) is 0.637. The molecule has 0 fully saturated rings. The maximum Gasteiger partial charge on any atom is 0.258 e. The molecular weight excluding hydrogens is 435 g/mol. The topological polar surface area (TPSA) is 96.0 Å². The summed E-state index contributed by atoms with van der Waals surface area (Å²) in [5, 5.41) is 3.18. The van der Waals surface area contributed by atoms with Crippen LogP contribution in [0.2, 0.25) is 10.0 Å². The lowest BCUT2D eigenvalue weighted by molar-refractivity contribution is -0.123. The zero-order valence-electron chi connectivity index (χ0n) is 16.8. The molecule has 10 heteroatoms. The molecule has 0 unspecified atom stereocenters. The van der Waals surface area contributed by atoms with E-state index in [0.29, 0.717) is 24.5 Å². The van der Waals surface area contributed by atoms with Gasteiger partial charge in [-0.05, 0) is 12.1 Å². The number of ketones is 1. The minimum Gasteiger partial charge on any atom is -0.493 e. The van der Waals surface area contributed by atoms with Crippen LogP contribution in [-0.2, 0) is 16.0 Å². The Bertz CT molecular complexity index is 887. The number of pyridine rings is 1. The molecule has 1 aromatic carbocycles. The zero-order chi connectivity index (χ0) is 22.1. The largest absolute Gasteiger partial charge is 0.493 e. The minimum atomic E-state index is -0.379. The molecule has 0 saturated carbocycles. The number of hydrogen-bond donors (Lipinski definition) is 1. The third kappa shape index (κ3) is 5.98. The summed E-state index contributed by atoms with van der Waals surface area (Å²) in [7, 11) is 4.40. The summed E-state index contributed by atoms with van der Waals surface area (Å²) >= 11 is 12.3. The van der Waals surface area contributed by atoms with Crippen molar-refractivity contribution < 1.29 is 28.5 Å². The molecule has 2 aromatic rings. The average Bonchev–Trinajstić information content (AvgIpc) is 2.74. The van der Waals surface area contributed by atoms with Gasteiger partial charge in [0.2, 0.25) is 5.75 Å². The number of carbonyl (C=O) groups is 2. The average molecular weight is 457 g/mol. The van der Waals surface area contributed by atoms with Gasteiger partial charge in [-0.1, -0.05) is 23.2 Å². The van der Waals surface area contributed by atoms with E-state index in [4.69, 9.17) is 42.1 Å². The molecule has 1 heterocycles. The first kappa shape index (κ1) is 23.7. The molecule has 0 saturated heterocycles. The van der Waals surface area contributed by atoms with Gasteiger partial charge in [0.1, 0.15) is 0 Å². The van der Waals surface area contributed by atoms with Crippen LogP contribution in [0.5, 0.6) is 17.2 Å². The van der Waals surface area contributed by atoms with Crippen LogP contribution in [0.25, 0.3) is 0 Å². The maximum atomic E-state index is 13.0. The van der Waals surface area contributed by atoms with Crippen LogP contribution in [-0.4, -0.2) is 57.8 Å². The van der Waals surface area contributed by atoms with Crippen molar-refractivity contribution in [2.45, 2.75) is 6.42 Å². The molecule has 1 aromatic heterocycles. The third-order valence-electron chi connectivity index (χ3n) is 4.07. The molecule has 162 valence electrons. The number of Topliss-reactive ketones (excluding diaryl/α,β-unsaturated/α-hetero) is 1. The standard InChI is InChI=1S/C20H22Cl2N2O6/c1-27-7-6-24-18(26)11-30-19-12(4-5-17(28-2)20(19)29-3)16(25)8-13-14(21)9-23-10-15(13)22/h4-5,9-10H,6-8,11H2,1-3H3,(H,24,26). The van der Waals surface area contributed by atoms with Crippen molar-refractivity contribution in [2.24, 2.45) is 0 Å². The van der Waals surface area contributed by atoms with E-state index in [1.807, 2.05) is 0 Å². The summed E-state index contributed by atoms with van der Waals surface area (Å²) in [4.78, 5) is 28.9. The number of nitrogens with zero attached hydrogens (tertiary/aromatic N) is 1. The highest BCUT2D eigenvalue weighted by molar-refractivity contribution is 6.36. The first-order chi connectivity index (χ1) is 14.4. The highest BCUT2D eigenvalue weighted by atomic mass is 35.5. The van der Waals surface area contributed by atoms with E-state index in [2.05, 4.69) is 10.3 Å². The number of carbonyl (C=O) groups excluding carboxylic acids is 2. The molecule has 0 aliphatic heterocycles. The van der Waals surface area contributed by atoms with Crippen LogP contribution in [0.15, 0.2) is 24.5 Å². The van der Waals surface area contributed by atoms with Gasteiger partial charge in [-0.2, -0.15) is 0 Å². The van der Waals surface area contributed by atoms with Gasteiger partial charge in [-0.3, -0.25) is 14.6 Å². The van der Waals surface area contributed by atoms with E-state index in [9.17, 15) is 9.59 Å². The molecule has 1 amide bonds. The summed E-state index contributed by atoms with van der Waals surface area (Å²) in [6.45, 7) is 0.370. The van der Waals surface area contributed by atoms with Gasteiger partial charge < -0.3 is 24.3 Å². The van der Waals surface area contributed by atoms with Gasteiger partial charge in [-0.15, -0.1) is 0 Å². The molecule has 0 atom stereocenters. The predicted octanol–water partition coefficient (Wildman–Crippen LogP) is 2.97. The Balaban J connectivity index is 2.31. The second-order valence-corrected chi connectivity index (χ2v) is 6.81. The fourth-order valence-corrected chi connectivity index (χ4v) is 3.10. The summed E-state index contributed by atoms with van der Waals surface area (Å²) in [6.07, 6.45) is 2.73. The lowest BCUT2D eigenvalue weighted by Crippen LogP contribution is -2.31. The Kier molecular flexibility index (Phi) is 9.16. The van der Waals surface area contributed by atoms with Crippen LogP contribution in [0, 0.1) is 0 Å². The lowest BCUT2D eigenvalue weighted by Gasteiger charge is -2.17. The first-order valence-electron chi connectivity index (χ1n) is 8.87. The minimum absolute atomic E-state index is 0.0880. The molecule has 0 bridgehead atoms. The van der Waals surface area contributed by atoms with E-state index in [1.54, 1.807) is 6.07 Å². The molecule has 8 nitrogen and oxygen atoms in total. The molecule has 0 spiro atoms. The Hall–Kier alpha value is -2.55. The zero-order valence-corrected chi connectivity index (χ0v) is 18.3. The smallest absolute Gasteiger partial charge is 0.258 e. The number of hydrogen-bond acceptors (Lipinski definition) is 7. The second-order valence-electron chi connectivity index (χ2n) is 5.99. The Labute approximate surface area is 184 Å². The van der Waals surface area contributed by atoms with Crippen LogP contribution >= 0.6 is 23.2 Å². The van der Waals surface area contributed by atoms with Crippen molar-refractivity contribution in [3.8, 4) is 17.2 Å². The molecule has 0 aliphatic rings. The van der Waals surface area contributed by atoms with Crippen molar-refractivity contribution >= 4 is 34.9 Å². The number of aromatic nitrogens is 1. The van der Waals surface area contributed by atoms with E-state index >= 15 is 0 Å². The van der Waals surface area contributed by atoms with E-state index in [1.165, 1.54) is 39.8 Å². The normalized spacial score (nSPS) is 10.4. The molecule has 30 heavy (non-hydrogen) atoms. The van der Waals surface area contributed by atoms with Gasteiger partial charge in [0.15, 0.2) is 23.9 Å². The number of amides is 1. The highest BCUT2D eigenvalue weighted by Gasteiger charge is 2.23. The first-order valence-corrected chi connectivity index (χ1v) is 9.63. The van der Waals surface area contributed by atoms with Gasteiger partial charge in [0.25, 0.3) is 5.91 Å². The highest BCUT2D eigenvalue weighted by Crippen LogP contribution is 2.40. The molecule has 0 aliphatic carbocycles. The monoisotopic (exact) mass is 456 g/mol. The van der Waals surface area contributed by atoms with Gasteiger partial charge in [0.05, 0.1) is 36.4 Å². The van der Waals surface area contributed by atoms with E-state index in [0.717, 1.165) is 0 Å². The molecular formula is C20H22Cl2N2O6. The van der Waals surface area contributed by atoms with Crippen molar-refractivity contribution in [3.63, 3.8) is 0 Å². The van der Waals surface area contributed by atoms with Crippen molar-refractivity contribution in [3.05, 3.63) is 45.7 Å². The molecule has 0 radical (unpaired) electrons.